The quantitative estimate of drug-likeness (QED) is 0.225. The van der Waals surface area contributed by atoms with Gasteiger partial charge in [0.1, 0.15) is 29.9 Å². The molecular formula is C26H19F3N4O5. The topological polar surface area (TPSA) is 143 Å². The molecule has 38 heavy (non-hydrogen) atoms. The van der Waals surface area contributed by atoms with Crippen molar-refractivity contribution in [1.82, 2.24) is 14.9 Å². The molecule has 2 aliphatic heterocycles. The second-order valence-corrected chi connectivity index (χ2v) is 9.58. The van der Waals surface area contributed by atoms with Gasteiger partial charge in [-0.1, -0.05) is 0 Å². The molecule has 194 valence electrons. The van der Waals surface area contributed by atoms with Crippen LogP contribution in [0.4, 0.5) is 13.2 Å². The van der Waals surface area contributed by atoms with Crippen molar-refractivity contribution < 1.29 is 37.7 Å². The lowest BCUT2D eigenvalue weighted by Crippen LogP contribution is -2.55. The molecule has 12 heteroatoms. The van der Waals surface area contributed by atoms with Crippen molar-refractivity contribution >= 4 is 55.4 Å². The fourth-order valence-corrected chi connectivity index (χ4v) is 5.89. The molecule has 0 spiro atoms. The number of carbonyl (C=O) groups excluding carboxylic acids is 2. The molecule has 1 fully saturated rings. The molecule has 6 N–H and O–H groups in total. The number of nitrogens with one attached hydrogen (secondary N) is 2. The van der Waals surface area contributed by atoms with Crippen LogP contribution in [0, 0.1) is 11.6 Å². The lowest BCUT2D eigenvalue weighted by atomic mass is 9.96. The van der Waals surface area contributed by atoms with Crippen molar-refractivity contribution in [3.63, 3.8) is 0 Å². The highest BCUT2D eigenvalue weighted by molar-refractivity contribution is 6.39. The van der Waals surface area contributed by atoms with E-state index in [9.17, 15) is 33.0 Å². The Labute approximate surface area is 210 Å². The van der Waals surface area contributed by atoms with Crippen LogP contribution >= 0.6 is 0 Å². The van der Waals surface area contributed by atoms with Crippen molar-refractivity contribution in [3.05, 3.63) is 59.2 Å². The Morgan fingerprint density at radius 1 is 0.947 bits per heavy atom. The van der Waals surface area contributed by atoms with Gasteiger partial charge in [0, 0.05) is 33.6 Å². The predicted octanol–water partition coefficient (Wildman–Crippen LogP) is 2.51. The Balaban J connectivity index is 1.72. The first-order valence-corrected chi connectivity index (χ1v) is 11.8. The van der Waals surface area contributed by atoms with Gasteiger partial charge in [0.15, 0.2) is 12.4 Å². The zero-order valence-corrected chi connectivity index (χ0v) is 19.3. The second-order valence-electron chi connectivity index (χ2n) is 9.58. The fraction of sp³-hybridized carbons (Fsp3) is 0.231. The maximum absolute atomic E-state index is 14.7. The van der Waals surface area contributed by atoms with Crippen LogP contribution in [0.5, 0.6) is 0 Å². The number of hydrogen-bond acceptors (Lipinski definition) is 6. The number of ether oxygens (including phenoxy) is 1. The second kappa shape index (κ2) is 7.77. The summed E-state index contributed by atoms with van der Waals surface area (Å²) < 4.78 is 50.8. The molecule has 5 unspecified atom stereocenters. The van der Waals surface area contributed by atoms with E-state index in [4.69, 9.17) is 10.5 Å². The Morgan fingerprint density at radius 3 is 2.32 bits per heavy atom. The van der Waals surface area contributed by atoms with Gasteiger partial charge in [0.05, 0.1) is 27.7 Å². The van der Waals surface area contributed by atoms with Crippen LogP contribution < -0.4 is 11.1 Å². The van der Waals surface area contributed by atoms with E-state index in [2.05, 4.69) is 10.3 Å². The van der Waals surface area contributed by atoms with E-state index in [1.165, 1.54) is 34.9 Å². The number of nitrogens with zero attached hydrogens (tertiary/aromatic N) is 1. The van der Waals surface area contributed by atoms with Gasteiger partial charge >= 0.3 is 0 Å². The summed E-state index contributed by atoms with van der Waals surface area (Å²) >= 11 is 0. The number of hydrogen-bond donors (Lipinski definition) is 5. The number of nitrogens with two attached hydrogens (primary N) is 1. The van der Waals surface area contributed by atoms with E-state index < -0.39 is 54.2 Å². The number of benzene rings is 3. The van der Waals surface area contributed by atoms with Gasteiger partial charge in [-0.25, -0.2) is 13.2 Å². The third-order valence-corrected chi connectivity index (χ3v) is 7.52. The van der Waals surface area contributed by atoms with Crippen LogP contribution in [-0.4, -0.2) is 62.6 Å². The molecule has 5 atom stereocenters. The third kappa shape index (κ3) is 2.85. The summed E-state index contributed by atoms with van der Waals surface area (Å²) in [5.74, 6) is -2.65. The molecule has 2 amide bonds. The minimum absolute atomic E-state index is 0.00790. The lowest BCUT2D eigenvalue weighted by Gasteiger charge is -2.40. The molecule has 0 saturated carbocycles. The van der Waals surface area contributed by atoms with Crippen LogP contribution in [0.15, 0.2) is 36.4 Å². The third-order valence-electron chi connectivity index (χ3n) is 7.52. The van der Waals surface area contributed by atoms with Crippen LogP contribution in [-0.2, 0) is 4.74 Å². The van der Waals surface area contributed by atoms with Crippen molar-refractivity contribution in [2.24, 2.45) is 5.73 Å². The molecule has 2 aliphatic rings. The fourth-order valence-electron chi connectivity index (χ4n) is 5.89. The summed E-state index contributed by atoms with van der Waals surface area (Å²) in [4.78, 5) is 29.3. The number of aromatic nitrogens is 2. The summed E-state index contributed by atoms with van der Waals surface area (Å²) in [6, 6.07) is 7.63. The van der Waals surface area contributed by atoms with Gasteiger partial charge in [-0.3, -0.25) is 14.9 Å². The van der Waals surface area contributed by atoms with Gasteiger partial charge < -0.3 is 30.2 Å². The smallest absolute Gasteiger partial charge is 0.259 e. The van der Waals surface area contributed by atoms with Crippen LogP contribution in [0.1, 0.15) is 26.9 Å². The van der Waals surface area contributed by atoms with Crippen molar-refractivity contribution in [2.75, 3.05) is 6.54 Å². The number of aliphatic hydroxyl groups is 2. The number of rotatable bonds is 2. The SMILES string of the molecule is NCC1OC(n2c3ccc(F)cc3c3c4c(c5c6cc(F)ccc6[nH]c5c32)C(=O)NC4=O)C(O)C(O)C1F. The molecule has 0 bridgehead atoms. The number of aromatic amines is 1. The normalized spacial score (nSPS) is 25.7. The van der Waals surface area contributed by atoms with Gasteiger partial charge in [0.25, 0.3) is 11.8 Å². The number of imide groups is 1. The van der Waals surface area contributed by atoms with Gasteiger partial charge in [-0.15, -0.1) is 0 Å². The number of alkyl halides is 1. The van der Waals surface area contributed by atoms with E-state index in [1.807, 2.05) is 0 Å². The van der Waals surface area contributed by atoms with E-state index in [-0.39, 0.29) is 50.4 Å². The van der Waals surface area contributed by atoms with E-state index in [1.54, 1.807) is 0 Å². The Bertz CT molecular complexity index is 1860. The highest BCUT2D eigenvalue weighted by Gasteiger charge is 2.47. The Hall–Kier alpha value is -3.97. The minimum atomic E-state index is -1.97. The Morgan fingerprint density at radius 2 is 1.61 bits per heavy atom. The molecule has 7 rings (SSSR count). The summed E-state index contributed by atoms with van der Waals surface area (Å²) in [5.41, 5.74) is 6.82. The molecule has 0 radical (unpaired) electrons. The van der Waals surface area contributed by atoms with Gasteiger partial charge in [0.2, 0.25) is 0 Å². The number of halogens is 3. The van der Waals surface area contributed by atoms with Crippen molar-refractivity contribution in [1.29, 1.82) is 0 Å². The Kier molecular flexibility index (Phi) is 4.74. The van der Waals surface area contributed by atoms with Crippen LogP contribution in [0.25, 0.3) is 43.6 Å². The molecule has 1 saturated heterocycles. The molecule has 4 heterocycles. The summed E-state index contributed by atoms with van der Waals surface area (Å²) in [7, 11) is 0. The zero-order chi connectivity index (χ0) is 26.6. The van der Waals surface area contributed by atoms with Crippen molar-refractivity contribution in [3.8, 4) is 0 Å². The van der Waals surface area contributed by atoms with Gasteiger partial charge in [-0.2, -0.15) is 0 Å². The summed E-state index contributed by atoms with van der Waals surface area (Å²) in [6.45, 7) is -0.305. The molecule has 5 aromatic rings. The molecule has 0 aliphatic carbocycles. The number of fused-ring (bicyclic) bond motifs is 10. The number of amides is 2. The zero-order valence-electron chi connectivity index (χ0n) is 19.3. The van der Waals surface area contributed by atoms with E-state index in [0.717, 1.165) is 6.07 Å². The standard InChI is InChI=1S/C26H19F3N4O5/c27-8-1-3-12-10(5-8)15-17-18(25(37)32-24(17)36)16-11-6-9(28)2-4-13(11)33(21(16)20(15)31-12)26-23(35)22(34)19(29)14(7-30)38-26/h1-6,14,19,22-23,26,31,34-35H,7,30H2,(H,32,36,37). The monoisotopic (exact) mass is 524 g/mol. The average molecular weight is 524 g/mol. The van der Waals surface area contributed by atoms with Crippen LogP contribution in [0.3, 0.4) is 0 Å². The number of H-pyrrole nitrogens is 1. The maximum Gasteiger partial charge on any atom is 0.259 e. The molecule has 3 aromatic carbocycles. The highest BCUT2D eigenvalue weighted by atomic mass is 19.1. The molecular weight excluding hydrogens is 505 g/mol. The average Bonchev–Trinajstić information content (AvgIpc) is 3.51. The maximum atomic E-state index is 14.7. The number of carbonyl (C=O) groups is 2. The molecule has 9 nitrogen and oxygen atoms in total. The first-order chi connectivity index (χ1) is 18.2. The minimum Gasteiger partial charge on any atom is -0.387 e. The highest BCUT2D eigenvalue weighted by Crippen LogP contribution is 2.46. The number of aliphatic hydroxyl groups excluding tert-OH is 2. The molecule has 2 aromatic heterocycles. The largest absolute Gasteiger partial charge is 0.387 e. The van der Waals surface area contributed by atoms with Gasteiger partial charge in [-0.05, 0) is 36.4 Å². The van der Waals surface area contributed by atoms with Crippen molar-refractivity contribution in [2.45, 2.75) is 30.7 Å². The van der Waals surface area contributed by atoms with E-state index in [0.29, 0.717) is 10.9 Å². The summed E-state index contributed by atoms with van der Waals surface area (Å²) in [6.07, 6.45) is -8.31. The first-order valence-electron chi connectivity index (χ1n) is 11.8. The predicted molar refractivity (Wildman–Crippen MR) is 130 cm³/mol. The lowest BCUT2D eigenvalue weighted by molar-refractivity contribution is -0.223. The summed E-state index contributed by atoms with van der Waals surface area (Å²) in [5, 5.41) is 24.7. The van der Waals surface area contributed by atoms with Crippen LogP contribution in [0.2, 0.25) is 0 Å². The first kappa shape index (κ1) is 23.2. The van der Waals surface area contributed by atoms with E-state index >= 15 is 0 Å².